The second-order valence-electron chi connectivity index (χ2n) is 6.29. The number of halogens is 1. The molecule has 0 aliphatic carbocycles. The van der Waals surface area contributed by atoms with Gasteiger partial charge >= 0.3 is 0 Å². The van der Waals surface area contributed by atoms with Crippen molar-refractivity contribution in [3.8, 4) is 5.75 Å². The van der Waals surface area contributed by atoms with Crippen LogP contribution in [0.4, 0.5) is 11.4 Å². The Morgan fingerprint density at radius 1 is 0.967 bits per heavy atom. The Hall–Kier alpha value is -2.84. The molecule has 0 aliphatic heterocycles. The zero-order valence-corrected chi connectivity index (χ0v) is 18.7. The van der Waals surface area contributed by atoms with Gasteiger partial charge in [0.2, 0.25) is 0 Å². The Bertz CT molecular complexity index is 1100. The van der Waals surface area contributed by atoms with Crippen molar-refractivity contribution in [1.29, 1.82) is 0 Å². The van der Waals surface area contributed by atoms with Crippen LogP contribution in [0.15, 0.2) is 88.2 Å². The lowest BCUT2D eigenvalue weighted by atomic mass is 10.3. The lowest BCUT2D eigenvalue weighted by Gasteiger charge is -2.23. The number of carbonyl (C=O) groups is 1. The summed E-state index contributed by atoms with van der Waals surface area (Å²) in [5.41, 5.74) is 1.18. The highest BCUT2D eigenvalue weighted by molar-refractivity contribution is 9.10. The first-order valence-electron chi connectivity index (χ1n) is 9.27. The highest BCUT2D eigenvalue weighted by Crippen LogP contribution is 2.26. The van der Waals surface area contributed by atoms with Crippen molar-refractivity contribution in [2.24, 2.45) is 0 Å². The fraction of sp³-hybridized carbons (Fsp3) is 0.136. The van der Waals surface area contributed by atoms with E-state index in [4.69, 9.17) is 4.74 Å². The first kappa shape index (κ1) is 21.9. The number of ether oxygens (including phenoxy) is 1. The van der Waals surface area contributed by atoms with Crippen molar-refractivity contribution in [2.75, 3.05) is 22.8 Å². The van der Waals surface area contributed by atoms with E-state index in [2.05, 4.69) is 21.2 Å². The number of rotatable bonds is 8. The quantitative estimate of drug-likeness (QED) is 0.499. The second kappa shape index (κ2) is 9.77. The van der Waals surface area contributed by atoms with Crippen LogP contribution in [-0.2, 0) is 14.8 Å². The maximum atomic E-state index is 12.9. The monoisotopic (exact) mass is 488 g/mol. The van der Waals surface area contributed by atoms with Crippen LogP contribution in [0.5, 0.6) is 5.75 Å². The minimum atomic E-state index is -3.66. The standard InChI is InChI=1S/C22H21BrN2O4S/c1-2-25(30(27,28)19-8-4-3-5-9-19)17-12-14-18(15-13-17)29-16-22(26)24-21-11-7-6-10-20(21)23/h3-15H,2,16H2,1H3,(H,24,26). The van der Waals surface area contributed by atoms with E-state index in [-0.39, 0.29) is 24.0 Å². The van der Waals surface area contributed by atoms with Crippen molar-refractivity contribution in [1.82, 2.24) is 0 Å². The lowest BCUT2D eigenvalue weighted by molar-refractivity contribution is -0.118. The summed E-state index contributed by atoms with van der Waals surface area (Å²) in [7, 11) is -3.66. The molecule has 0 heterocycles. The zero-order valence-electron chi connectivity index (χ0n) is 16.3. The summed E-state index contributed by atoms with van der Waals surface area (Å²) in [6.45, 7) is 1.89. The van der Waals surface area contributed by atoms with Gasteiger partial charge in [-0.25, -0.2) is 8.42 Å². The Morgan fingerprint density at radius 3 is 2.23 bits per heavy atom. The third kappa shape index (κ3) is 5.20. The zero-order chi connectivity index (χ0) is 21.6. The van der Waals surface area contributed by atoms with Crippen LogP contribution < -0.4 is 14.4 Å². The number of benzene rings is 3. The predicted octanol–water partition coefficient (Wildman–Crippen LogP) is 4.68. The third-order valence-corrected chi connectivity index (χ3v) is 6.87. The van der Waals surface area contributed by atoms with Gasteiger partial charge in [-0.15, -0.1) is 0 Å². The smallest absolute Gasteiger partial charge is 0.264 e. The van der Waals surface area contributed by atoms with Crippen molar-refractivity contribution in [3.05, 3.63) is 83.3 Å². The number of hydrogen-bond acceptors (Lipinski definition) is 4. The normalized spacial score (nSPS) is 11.0. The van der Waals surface area contributed by atoms with Crippen molar-refractivity contribution < 1.29 is 17.9 Å². The largest absolute Gasteiger partial charge is 0.484 e. The Balaban J connectivity index is 1.65. The van der Waals surface area contributed by atoms with Crippen LogP contribution in [0.2, 0.25) is 0 Å². The SMILES string of the molecule is CCN(c1ccc(OCC(=O)Nc2ccccc2Br)cc1)S(=O)(=O)c1ccccc1. The van der Waals surface area contributed by atoms with Crippen molar-refractivity contribution in [3.63, 3.8) is 0 Å². The molecular weight excluding hydrogens is 468 g/mol. The summed E-state index contributed by atoms with van der Waals surface area (Å²) in [6.07, 6.45) is 0. The molecular formula is C22H21BrN2O4S. The minimum Gasteiger partial charge on any atom is -0.484 e. The number of amides is 1. The van der Waals surface area contributed by atoms with Crippen molar-refractivity contribution >= 4 is 43.2 Å². The molecule has 8 heteroatoms. The molecule has 0 bridgehead atoms. The Morgan fingerprint density at radius 2 is 1.60 bits per heavy atom. The van der Waals surface area contributed by atoms with E-state index >= 15 is 0 Å². The molecule has 0 saturated heterocycles. The first-order chi connectivity index (χ1) is 14.4. The third-order valence-electron chi connectivity index (χ3n) is 4.26. The van der Waals surface area contributed by atoms with Crippen LogP contribution in [-0.4, -0.2) is 27.5 Å². The Kier molecular flexibility index (Phi) is 7.12. The second-order valence-corrected chi connectivity index (χ2v) is 9.01. The molecule has 1 N–H and O–H groups in total. The van der Waals surface area contributed by atoms with E-state index in [0.717, 1.165) is 4.47 Å². The molecule has 0 radical (unpaired) electrons. The van der Waals surface area contributed by atoms with Crippen LogP contribution in [0.3, 0.4) is 0 Å². The van der Waals surface area contributed by atoms with E-state index in [1.54, 1.807) is 67.6 Å². The van der Waals surface area contributed by atoms with E-state index in [1.807, 2.05) is 18.2 Å². The molecule has 3 aromatic rings. The van der Waals surface area contributed by atoms with Gasteiger partial charge in [0.15, 0.2) is 6.61 Å². The number of para-hydroxylation sites is 1. The molecule has 0 aromatic heterocycles. The predicted molar refractivity (Wildman–Crippen MR) is 121 cm³/mol. The van der Waals surface area contributed by atoms with Gasteiger partial charge in [-0.1, -0.05) is 30.3 Å². The topological polar surface area (TPSA) is 75.7 Å². The number of carbonyl (C=O) groups excluding carboxylic acids is 1. The molecule has 3 rings (SSSR count). The van der Waals surface area contributed by atoms with Gasteiger partial charge in [0.1, 0.15) is 5.75 Å². The van der Waals surface area contributed by atoms with Gasteiger partial charge in [0.25, 0.3) is 15.9 Å². The van der Waals surface area contributed by atoms with E-state index in [9.17, 15) is 13.2 Å². The molecule has 6 nitrogen and oxygen atoms in total. The molecule has 30 heavy (non-hydrogen) atoms. The fourth-order valence-corrected chi connectivity index (χ4v) is 4.70. The van der Waals surface area contributed by atoms with E-state index in [0.29, 0.717) is 17.1 Å². The highest BCUT2D eigenvalue weighted by Gasteiger charge is 2.23. The molecule has 0 fully saturated rings. The summed E-state index contributed by atoms with van der Waals surface area (Å²) >= 11 is 3.37. The fourth-order valence-electron chi connectivity index (χ4n) is 2.82. The number of sulfonamides is 1. The van der Waals surface area contributed by atoms with Crippen LogP contribution in [0.25, 0.3) is 0 Å². The summed E-state index contributed by atoms with van der Waals surface area (Å²) in [6, 6.07) is 22.2. The van der Waals surface area contributed by atoms with E-state index in [1.165, 1.54) is 4.31 Å². The molecule has 0 unspecified atom stereocenters. The maximum absolute atomic E-state index is 12.9. The highest BCUT2D eigenvalue weighted by atomic mass is 79.9. The summed E-state index contributed by atoms with van der Waals surface area (Å²) < 4.78 is 33.4. The molecule has 0 saturated carbocycles. The molecule has 156 valence electrons. The van der Waals surface area contributed by atoms with Gasteiger partial charge in [0.05, 0.1) is 16.3 Å². The Labute approximate surface area is 184 Å². The molecule has 0 spiro atoms. The molecule has 1 amide bonds. The van der Waals surface area contributed by atoms with Crippen LogP contribution >= 0.6 is 15.9 Å². The molecule has 0 aliphatic rings. The van der Waals surface area contributed by atoms with Gasteiger partial charge < -0.3 is 10.1 Å². The number of hydrogen-bond donors (Lipinski definition) is 1. The van der Waals surface area contributed by atoms with Gasteiger partial charge in [-0.05, 0) is 71.4 Å². The molecule has 0 atom stereocenters. The van der Waals surface area contributed by atoms with Crippen LogP contribution in [0, 0.1) is 0 Å². The summed E-state index contributed by atoms with van der Waals surface area (Å²) in [4.78, 5) is 12.3. The van der Waals surface area contributed by atoms with Gasteiger partial charge in [-0.2, -0.15) is 0 Å². The summed E-state index contributed by atoms with van der Waals surface area (Å²) in [5.74, 6) is 0.169. The minimum absolute atomic E-state index is 0.166. The summed E-state index contributed by atoms with van der Waals surface area (Å²) in [5, 5.41) is 2.76. The molecule has 3 aromatic carbocycles. The number of nitrogens with zero attached hydrogens (tertiary/aromatic N) is 1. The average Bonchev–Trinajstić information content (AvgIpc) is 2.76. The van der Waals surface area contributed by atoms with Crippen molar-refractivity contribution in [2.45, 2.75) is 11.8 Å². The maximum Gasteiger partial charge on any atom is 0.264 e. The van der Waals surface area contributed by atoms with Gasteiger partial charge in [-0.3, -0.25) is 9.10 Å². The van der Waals surface area contributed by atoms with Crippen LogP contribution in [0.1, 0.15) is 6.92 Å². The van der Waals surface area contributed by atoms with Gasteiger partial charge in [0, 0.05) is 11.0 Å². The lowest BCUT2D eigenvalue weighted by Crippen LogP contribution is -2.30. The number of anilines is 2. The van der Waals surface area contributed by atoms with E-state index < -0.39 is 10.0 Å². The number of nitrogens with one attached hydrogen (secondary N) is 1. The average molecular weight is 489 g/mol. The first-order valence-corrected chi connectivity index (χ1v) is 11.5.